The van der Waals surface area contributed by atoms with Crippen LogP contribution in [0.4, 0.5) is 11.4 Å². The minimum absolute atomic E-state index is 0.148. The molecule has 0 aliphatic carbocycles. The molecule has 0 aliphatic rings. The molecular formula is C14H12ClIN2O2. The van der Waals surface area contributed by atoms with Crippen LogP contribution in [0.25, 0.3) is 0 Å². The number of benzene rings is 2. The van der Waals surface area contributed by atoms with Crippen LogP contribution in [0.1, 0.15) is 11.1 Å². The van der Waals surface area contributed by atoms with Crippen molar-refractivity contribution in [2.75, 3.05) is 5.32 Å². The number of hydrogen-bond acceptors (Lipinski definition) is 3. The van der Waals surface area contributed by atoms with E-state index in [1.807, 2.05) is 24.3 Å². The van der Waals surface area contributed by atoms with Crippen LogP contribution in [0, 0.1) is 20.6 Å². The van der Waals surface area contributed by atoms with Gasteiger partial charge in [-0.25, -0.2) is 0 Å². The summed E-state index contributed by atoms with van der Waals surface area (Å²) in [7, 11) is 0. The molecule has 0 aliphatic heterocycles. The van der Waals surface area contributed by atoms with Crippen molar-refractivity contribution in [3.8, 4) is 0 Å². The molecule has 2 rings (SSSR count). The molecule has 0 radical (unpaired) electrons. The summed E-state index contributed by atoms with van der Waals surface area (Å²) < 4.78 is 1.01. The SMILES string of the molecule is Cc1c(CNc2ccc(Cl)cc2I)cccc1[N+](=O)[O-]. The molecule has 2 aromatic rings. The summed E-state index contributed by atoms with van der Waals surface area (Å²) in [5.74, 6) is 0. The number of halogens is 2. The van der Waals surface area contributed by atoms with E-state index in [1.165, 1.54) is 6.07 Å². The van der Waals surface area contributed by atoms with Gasteiger partial charge >= 0.3 is 0 Å². The van der Waals surface area contributed by atoms with Crippen molar-refractivity contribution in [2.24, 2.45) is 0 Å². The molecule has 1 N–H and O–H groups in total. The van der Waals surface area contributed by atoms with Gasteiger partial charge in [0.1, 0.15) is 0 Å². The molecule has 0 atom stereocenters. The number of nitro benzene ring substituents is 1. The average molecular weight is 403 g/mol. The average Bonchev–Trinajstić information content (AvgIpc) is 2.39. The third-order valence-electron chi connectivity index (χ3n) is 3.01. The van der Waals surface area contributed by atoms with Gasteiger partial charge in [0.05, 0.1) is 4.92 Å². The van der Waals surface area contributed by atoms with Crippen molar-refractivity contribution in [1.82, 2.24) is 0 Å². The molecule has 0 amide bonds. The van der Waals surface area contributed by atoms with Gasteiger partial charge in [0.2, 0.25) is 0 Å². The zero-order valence-corrected chi connectivity index (χ0v) is 13.6. The second kappa shape index (κ2) is 6.41. The first-order valence-electron chi connectivity index (χ1n) is 5.91. The molecular weight excluding hydrogens is 391 g/mol. The molecule has 0 fully saturated rings. The van der Waals surface area contributed by atoms with Crippen molar-refractivity contribution in [2.45, 2.75) is 13.5 Å². The Morgan fingerprint density at radius 1 is 1.35 bits per heavy atom. The van der Waals surface area contributed by atoms with Crippen LogP contribution in [0.2, 0.25) is 5.02 Å². The quantitative estimate of drug-likeness (QED) is 0.455. The van der Waals surface area contributed by atoms with Gasteiger partial charge in [0.25, 0.3) is 5.69 Å². The fourth-order valence-corrected chi connectivity index (χ4v) is 2.94. The van der Waals surface area contributed by atoms with Gasteiger partial charge in [0, 0.05) is 32.5 Å². The maximum atomic E-state index is 10.9. The summed E-state index contributed by atoms with van der Waals surface area (Å²) >= 11 is 8.11. The van der Waals surface area contributed by atoms with E-state index in [0.717, 1.165) is 14.8 Å². The molecule has 0 heterocycles. The molecule has 104 valence electrons. The van der Waals surface area contributed by atoms with E-state index in [-0.39, 0.29) is 10.6 Å². The lowest BCUT2D eigenvalue weighted by Gasteiger charge is -2.11. The lowest BCUT2D eigenvalue weighted by molar-refractivity contribution is -0.385. The predicted octanol–water partition coefficient (Wildman–Crippen LogP) is 4.77. The Hall–Kier alpha value is -1.34. The summed E-state index contributed by atoms with van der Waals surface area (Å²) in [6.07, 6.45) is 0. The van der Waals surface area contributed by atoms with Gasteiger partial charge in [0.15, 0.2) is 0 Å². The van der Waals surface area contributed by atoms with Crippen molar-refractivity contribution < 1.29 is 4.92 Å². The Bertz CT molecular complexity index is 662. The zero-order valence-electron chi connectivity index (χ0n) is 10.7. The van der Waals surface area contributed by atoms with Gasteiger partial charge in [-0.15, -0.1) is 0 Å². The minimum atomic E-state index is -0.356. The summed E-state index contributed by atoms with van der Waals surface area (Å²) in [5, 5.41) is 14.9. The fraction of sp³-hybridized carbons (Fsp3) is 0.143. The van der Waals surface area contributed by atoms with Crippen LogP contribution in [0.3, 0.4) is 0 Å². The smallest absolute Gasteiger partial charge is 0.272 e. The molecule has 2 aromatic carbocycles. The van der Waals surface area contributed by atoms with Gasteiger partial charge in [-0.1, -0.05) is 23.7 Å². The van der Waals surface area contributed by atoms with Gasteiger partial charge in [-0.05, 0) is 53.3 Å². The maximum absolute atomic E-state index is 10.9. The highest BCUT2D eigenvalue weighted by atomic mass is 127. The Balaban J connectivity index is 2.19. The minimum Gasteiger partial charge on any atom is -0.380 e. The molecule has 0 spiro atoms. The monoisotopic (exact) mass is 402 g/mol. The second-order valence-electron chi connectivity index (χ2n) is 4.30. The summed E-state index contributed by atoms with van der Waals surface area (Å²) in [5.41, 5.74) is 2.70. The summed E-state index contributed by atoms with van der Waals surface area (Å²) in [6.45, 7) is 2.30. The predicted molar refractivity (Wildman–Crippen MR) is 89.3 cm³/mol. The van der Waals surface area contributed by atoms with Crippen LogP contribution in [0.5, 0.6) is 0 Å². The maximum Gasteiger partial charge on any atom is 0.272 e. The third kappa shape index (κ3) is 3.40. The number of nitrogens with zero attached hydrogens (tertiary/aromatic N) is 1. The first kappa shape index (κ1) is 15.1. The Morgan fingerprint density at radius 3 is 2.75 bits per heavy atom. The Kier molecular flexibility index (Phi) is 4.82. The highest BCUT2D eigenvalue weighted by Gasteiger charge is 2.13. The van der Waals surface area contributed by atoms with E-state index >= 15 is 0 Å². The Labute approximate surface area is 135 Å². The fourth-order valence-electron chi connectivity index (χ4n) is 1.88. The largest absolute Gasteiger partial charge is 0.380 e. The molecule has 0 saturated carbocycles. The first-order chi connectivity index (χ1) is 9.49. The first-order valence-corrected chi connectivity index (χ1v) is 7.36. The molecule has 6 heteroatoms. The van der Waals surface area contributed by atoms with E-state index in [2.05, 4.69) is 27.9 Å². The molecule has 0 bridgehead atoms. The highest BCUT2D eigenvalue weighted by molar-refractivity contribution is 14.1. The van der Waals surface area contributed by atoms with Crippen molar-refractivity contribution in [1.29, 1.82) is 0 Å². The van der Waals surface area contributed by atoms with E-state index in [4.69, 9.17) is 11.6 Å². The van der Waals surface area contributed by atoms with Crippen LogP contribution in [-0.2, 0) is 6.54 Å². The summed E-state index contributed by atoms with van der Waals surface area (Å²) in [6, 6.07) is 10.7. The third-order valence-corrected chi connectivity index (χ3v) is 4.14. The van der Waals surface area contributed by atoms with Crippen molar-refractivity contribution in [3.05, 3.63) is 66.2 Å². The van der Waals surface area contributed by atoms with Gasteiger partial charge in [-0.2, -0.15) is 0 Å². The van der Waals surface area contributed by atoms with E-state index < -0.39 is 0 Å². The number of hydrogen-bond donors (Lipinski definition) is 1. The Morgan fingerprint density at radius 2 is 2.10 bits per heavy atom. The number of nitrogens with one attached hydrogen (secondary N) is 1. The molecule has 4 nitrogen and oxygen atoms in total. The normalized spacial score (nSPS) is 10.3. The van der Waals surface area contributed by atoms with Crippen molar-refractivity contribution >= 4 is 45.6 Å². The van der Waals surface area contributed by atoms with Crippen LogP contribution in [0.15, 0.2) is 36.4 Å². The van der Waals surface area contributed by atoms with Crippen LogP contribution >= 0.6 is 34.2 Å². The van der Waals surface area contributed by atoms with E-state index in [0.29, 0.717) is 17.1 Å². The number of nitro groups is 1. The van der Waals surface area contributed by atoms with Crippen LogP contribution in [-0.4, -0.2) is 4.92 Å². The molecule has 0 saturated heterocycles. The van der Waals surface area contributed by atoms with Crippen molar-refractivity contribution in [3.63, 3.8) is 0 Å². The summed E-state index contributed by atoms with van der Waals surface area (Å²) in [4.78, 5) is 10.6. The number of anilines is 1. The van der Waals surface area contributed by atoms with Gasteiger partial charge < -0.3 is 5.32 Å². The lowest BCUT2D eigenvalue weighted by atomic mass is 10.1. The standard InChI is InChI=1S/C14H12ClIN2O2/c1-9-10(3-2-4-14(9)18(19)20)8-17-13-6-5-11(15)7-12(13)16/h2-7,17H,8H2,1H3. The zero-order chi connectivity index (χ0) is 14.7. The number of rotatable bonds is 4. The highest BCUT2D eigenvalue weighted by Crippen LogP contribution is 2.25. The molecule has 0 aromatic heterocycles. The van der Waals surface area contributed by atoms with E-state index in [1.54, 1.807) is 13.0 Å². The molecule has 20 heavy (non-hydrogen) atoms. The van der Waals surface area contributed by atoms with E-state index in [9.17, 15) is 10.1 Å². The molecule has 0 unspecified atom stereocenters. The second-order valence-corrected chi connectivity index (χ2v) is 5.89. The lowest BCUT2D eigenvalue weighted by Crippen LogP contribution is -2.04. The van der Waals surface area contributed by atoms with Gasteiger partial charge in [-0.3, -0.25) is 10.1 Å². The topological polar surface area (TPSA) is 55.2 Å². The van der Waals surface area contributed by atoms with Crippen LogP contribution < -0.4 is 5.32 Å².